The summed E-state index contributed by atoms with van der Waals surface area (Å²) in [6.07, 6.45) is 108. The van der Waals surface area contributed by atoms with Crippen LogP contribution in [0.2, 0.25) is 0 Å². The van der Waals surface area contributed by atoms with Gasteiger partial charge in [0.05, 0.1) is 6.61 Å². The second kappa shape index (κ2) is 68.0. The van der Waals surface area contributed by atoms with Gasteiger partial charge in [0.15, 0.2) is 6.10 Å². The van der Waals surface area contributed by atoms with Crippen LogP contribution in [0.15, 0.2) is 194 Å². The average Bonchev–Trinajstić information content (AvgIpc) is 3.46. The zero-order chi connectivity index (χ0) is 57.6. The van der Waals surface area contributed by atoms with Crippen molar-refractivity contribution in [3.63, 3.8) is 0 Å². The first-order chi connectivity index (χ1) is 39.6. The van der Waals surface area contributed by atoms with Crippen LogP contribution in [0, 0.1) is 0 Å². The lowest BCUT2D eigenvalue weighted by Gasteiger charge is -2.15. The lowest BCUT2D eigenvalue weighted by molar-refractivity contribution is -0.161. The number of aliphatic hydroxyl groups excluding tert-OH is 1. The Balaban J connectivity index is 3.63. The lowest BCUT2D eigenvalue weighted by Crippen LogP contribution is -2.28. The molecule has 1 N–H and O–H groups in total. The van der Waals surface area contributed by atoms with Gasteiger partial charge in [-0.05, 0) is 141 Å². The van der Waals surface area contributed by atoms with Gasteiger partial charge in [-0.25, -0.2) is 0 Å². The van der Waals surface area contributed by atoms with E-state index in [0.29, 0.717) is 12.8 Å². The Hall–Kier alpha value is -5.26. The van der Waals surface area contributed by atoms with Gasteiger partial charge in [-0.1, -0.05) is 285 Å². The van der Waals surface area contributed by atoms with Crippen molar-refractivity contribution in [2.75, 3.05) is 13.2 Å². The smallest absolute Gasteiger partial charge is 0.306 e. The number of ether oxygens (including phenoxy) is 2. The Labute approximate surface area is 492 Å². The van der Waals surface area contributed by atoms with E-state index in [9.17, 15) is 14.7 Å². The minimum Gasteiger partial charge on any atom is -0.462 e. The molecular formula is C75H116O5. The molecule has 0 aromatic rings. The first kappa shape index (κ1) is 74.7. The van der Waals surface area contributed by atoms with Crippen LogP contribution in [0.5, 0.6) is 0 Å². The molecule has 0 aliphatic carbocycles. The van der Waals surface area contributed by atoms with E-state index in [2.05, 4.69) is 208 Å². The number of esters is 2. The second-order valence-corrected chi connectivity index (χ2v) is 20.4. The fraction of sp³-hybridized carbons (Fsp3) is 0.547. The van der Waals surface area contributed by atoms with Gasteiger partial charge in [-0.3, -0.25) is 9.59 Å². The highest BCUT2D eigenvalue weighted by Gasteiger charge is 2.16. The molecule has 0 aromatic heterocycles. The summed E-state index contributed by atoms with van der Waals surface area (Å²) in [4.78, 5) is 24.6. The lowest BCUT2D eigenvalue weighted by atomic mass is 10.1. The van der Waals surface area contributed by atoms with Crippen LogP contribution < -0.4 is 0 Å². The number of allylic oxidation sites excluding steroid dienone is 32. The maximum absolute atomic E-state index is 12.3. The topological polar surface area (TPSA) is 72.8 Å². The fourth-order valence-electron chi connectivity index (χ4n) is 8.17. The van der Waals surface area contributed by atoms with Gasteiger partial charge in [0, 0.05) is 12.8 Å². The van der Waals surface area contributed by atoms with Gasteiger partial charge in [-0.2, -0.15) is 0 Å². The van der Waals surface area contributed by atoms with Crippen molar-refractivity contribution < 1.29 is 24.2 Å². The summed E-state index contributed by atoms with van der Waals surface area (Å²) in [5.74, 6) is -0.625. The predicted molar refractivity (Wildman–Crippen MR) is 352 cm³/mol. The minimum absolute atomic E-state index is 0.0870. The molecule has 0 aliphatic rings. The normalized spacial score (nSPS) is 13.6. The van der Waals surface area contributed by atoms with E-state index in [4.69, 9.17) is 9.47 Å². The Morgan fingerprint density at radius 3 is 0.750 bits per heavy atom. The highest BCUT2D eigenvalue weighted by atomic mass is 16.6. The Bertz CT molecular complexity index is 1870. The van der Waals surface area contributed by atoms with E-state index in [1.54, 1.807) is 0 Å². The summed E-state index contributed by atoms with van der Waals surface area (Å²) >= 11 is 0. The zero-order valence-electron chi connectivity index (χ0n) is 51.0. The van der Waals surface area contributed by atoms with Crippen LogP contribution in [0.3, 0.4) is 0 Å². The highest BCUT2D eigenvalue weighted by Crippen LogP contribution is 2.14. The van der Waals surface area contributed by atoms with Gasteiger partial charge in [0.1, 0.15) is 6.61 Å². The largest absolute Gasteiger partial charge is 0.462 e. The van der Waals surface area contributed by atoms with Gasteiger partial charge in [0.2, 0.25) is 0 Å². The maximum atomic E-state index is 12.3. The highest BCUT2D eigenvalue weighted by molar-refractivity contribution is 5.70. The number of hydrogen-bond acceptors (Lipinski definition) is 5. The molecule has 0 heterocycles. The first-order valence-electron chi connectivity index (χ1n) is 32.0. The first-order valence-corrected chi connectivity index (χ1v) is 32.0. The quantitative estimate of drug-likeness (QED) is 0.0373. The summed E-state index contributed by atoms with van der Waals surface area (Å²) in [5.41, 5.74) is 0. The summed E-state index contributed by atoms with van der Waals surface area (Å²) < 4.78 is 10.7. The molecule has 0 spiro atoms. The summed E-state index contributed by atoms with van der Waals surface area (Å²) in [7, 11) is 0. The standard InChI is InChI=1S/C75H116O5/c1-3-5-7-9-11-13-15-17-19-21-23-25-27-29-31-33-34-35-36-37-38-39-40-42-44-46-48-50-52-54-56-58-60-62-64-66-68-70-75(78)80-73(71-76)72-79-74(77)69-67-65-63-61-59-57-55-53-51-49-47-45-43-41-32-30-28-26-24-22-20-18-16-14-12-10-8-6-4-2/h5-8,11-14,17-20,23-26,29-32,34-35,37-38,40,42-43,45-46,48,52,54,73,76H,3-4,9-10,15-16,21-22,27-28,33,36,39,41,44,47,49-51,53,55-72H2,1-2H3/b7-5-,8-6-,13-11-,14-12-,19-17-,20-18-,25-23-,26-24-,31-29-,32-30-,35-34-,38-37-,42-40-,45-43-,48-46-,54-52-. The number of hydrogen-bond donors (Lipinski definition) is 1. The van der Waals surface area contributed by atoms with E-state index in [0.717, 1.165) is 154 Å². The molecule has 1 atom stereocenters. The van der Waals surface area contributed by atoms with E-state index >= 15 is 0 Å². The summed E-state index contributed by atoms with van der Waals surface area (Å²) in [5, 5.41) is 9.68. The van der Waals surface area contributed by atoms with Gasteiger partial charge >= 0.3 is 11.9 Å². The van der Waals surface area contributed by atoms with Crippen molar-refractivity contribution in [3.8, 4) is 0 Å². The van der Waals surface area contributed by atoms with Crippen LogP contribution in [-0.4, -0.2) is 36.4 Å². The number of rotatable bonds is 56. The van der Waals surface area contributed by atoms with Crippen molar-refractivity contribution in [1.29, 1.82) is 0 Å². The second-order valence-electron chi connectivity index (χ2n) is 20.4. The molecule has 5 nitrogen and oxygen atoms in total. The third kappa shape index (κ3) is 65.3. The van der Waals surface area contributed by atoms with Crippen molar-refractivity contribution >= 4 is 11.9 Å². The van der Waals surface area contributed by atoms with Gasteiger partial charge < -0.3 is 14.6 Å². The van der Waals surface area contributed by atoms with Gasteiger partial charge in [0.25, 0.3) is 0 Å². The van der Waals surface area contributed by atoms with Crippen LogP contribution in [0.1, 0.15) is 245 Å². The third-order valence-electron chi connectivity index (χ3n) is 12.9. The van der Waals surface area contributed by atoms with Crippen molar-refractivity contribution in [2.45, 2.75) is 251 Å². The molecule has 0 fully saturated rings. The molecular weight excluding hydrogens is 981 g/mol. The molecule has 0 saturated heterocycles. The molecule has 0 amide bonds. The van der Waals surface area contributed by atoms with Crippen LogP contribution >= 0.6 is 0 Å². The monoisotopic (exact) mass is 1100 g/mol. The number of aliphatic hydroxyl groups is 1. The molecule has 0 aliphatic heterocycles. The molecule has 0 radical (unpaired) electrons. The number of carbonyl (C=O) groups is 2. The molecule has 0 saturated carbocycles. The van der Waals surface area contributed by atoms with E-state index < -0.39 is 6.10 Å². The molecule has 446 valence electrons. The van der Waals surface area contributed by atoms with Crippen molar-refractivity contribution in [1.82, 2.24) is 0 Å². The number of unbranched alkanes of at least 4 members (excludes halogenated alkanes) is 16. The summed E-state index contributed by atoms with van der Waals surface area (Å²) in [6.45, 7) is 3.89. The van der Waals surface area contributed by atoms with E-state index in [1.807, 2.05) is 0 Å². The van der Waals surface area contributed by atoms with Gasteiger partial charge in [-0.15, -0.1) is 0 Å². The Morgan fingerprint density at radius 1 is 0.287 bits per heavy atom. The molecule has 0 bridgehead atoms. The SMILES string of the molecule is CC/C=C\C/C=C\C/C=C\C/C=C\C/C=C\C/C=C\C/C=C\C/C=C\C/C=C\C/C=C\CCCCCCCCC(=O)OC(CO)COC(=O)CCCCCCCCCCCC/C=C\C/C=C\C/C=C\C/C=C\C/C=C\C/C=C\CC. The maximum Gasteiger partial charge on any atom is 0.306 e. The zero-order valence-corrected chi connectivity index (χ0v) is 51.0. The average molecular weight is 1100 g/mol. The van der Waals surface area contributed by atoms with Crippen LogP contribution in [0.4, 0.5) is 0 Å². The van der Waals surface area contributed by atoms with Crippen LogP contribution in [-0.2, 0) is 19.1 Å². The molecule has 80 heavy (non-hydrogen) atoms. The molecule has 0 aromatic carbocycles. The van der Waals surface area contributed by atoms with Crippen LogP contribution in [0.25, 0.3) is 0 Å². The molecule has 1 unspecified atom stereocenters. The van der Waals surface area contributed by atoms with E-state index in [-0.39, 0.29) is 25.2 Å². The minimum atomic E-state index is -0.799. The number of carbonyl (C=O) groups excluding carboxylic acids is 2. The van der Waals surface area contributed by atoms with Crippen molar-refractivity contribution in [3.05, 3.63) is 194 Å². The molecule has 5 heteroatoms. The van der Waals surface area contributed by atoms with Crippen molar-refractivity contribution in [2.24, 2.45) is 0 Å². The fourth-order valence-corrected chi connectivity index (χ4v) is 8.17. The Kier molecular flexibility index (Phi) is 63.5. The molecule has 0 rings (SSSR count). The summed E-state index contributed by atoms with van der Waals surface area (Å²) in [6, 6.07) is 0. The third-order valence-corrected chi connectivity index (χ3v) is 12.9. The predicted octanol–water partition coefficient (Wildman–Crippen LogP) is 22.4. The Morgan fingerprint density at radius 2 is 0.500 bits per heavy atom. The van der Waals surface area contributed by atoms with E-state index in [1.165, 1.54) is 64.2 Å².